The predicted molar refractivity (Wildman–Crippen MR) is 49.1 cm³/mol. The van der Waals surface area contributed by atoms with Gasteiger partial charge in [0, 0.05) is 12.0 Å². The Balaban J connectivity index is 2.19. The monoisotopic (exact) mass is 172 g/mol. The van der Waals surface area contributed by atoms with Crippen LogP contribution in [0.4, 0.5) is 0 Å². The Bertz CT molecular complexity index is 109. The molecule has 1 aliphatic rings. The van der Waals surface area contributed by atoms with Crippen LogP contribution in [-0.4, -0.2) is 24.9 Å². The molecule has 0 aromatic carbocycles. The third-order valence-corrected chi connectivity index (χ3v) is 2.74. The second kappa shape index (κ2) is 4.83. The standard InChI is InChI=1S/C10H20O2/c1-2-3-5-10(6-4-7-11)8-12-9-10/h11H,2-9H2,1H3. The molecule has 0 aliphatic carbocycles. The maximum atomic E-state index is 8.73. The van der Waals surface area contributed by atoms with E-state index in [-0.39, 0.29) is 0 Å². The molecule has 0 aromatic rings. The van der Waals surface area contributed by atoms with Crippen LogP contribution in [0.25, 0.3) is 0 Å². The van der Waals surface area contributed by atoms with Crippen molar-refractivity contribution in [3.05, 3.63) is 0 Å². The number of aliphatic hydroxyl groups excluding tert-OH is 1. The molecule has 2 nitrogen and oxygen atoms in total. The Morgan fingerprint density at radius 2 is 1.92 bits per heavy atom. The molecule has 1 fully saturated rings. The van der Waals surface area contributed by atoms with E-state index in [4.69, 9.17) is 9.84 Å². The molecule has 2 heteroatoms. The van der Waals surface area contributed by atoms with E-state index in [9.17, 15) is 0 Å². The molecular weight excluding hydrogens is 152 g/mol. The molecule has 1 saturated heterocycles. The summed E-state index contributed by atoms with van der Waals surface area (Å²) in [4.78, 5) is 0. The lowest BCUT2D eigenvalue weighted by atomic mass is 9.77. The van der Waals surface area contributed by atoms with Crippen molar-refractivity contribution in [1.82, 2.24) is 0 Å². The highest BCUT2D eigenvalue weighted by Gasteiger charge is 2.36. The Morgan fingerprint density at radius 1 is 1.25 bits per heavy atom. The van der Waals surface area contributed by atoms with Gasteiger partial charge in [-0.15, -0.1) is 0 Å². The van der Waals surface area contributed by atoms with Crippen molar-refractivity contribution in [2.45, 2.75) is 39.0 Å². The van der Waals surface area contributed by atoms with Crippen LogP contribution in [0.15, 0.2) is 0 Å². The fourth-order valence-corrected chi connectivity index (χ4v) is 1.81. The number of rotatable bonds is 6. The van der Waals surface area contributed by atoms with E-state index in [1.165, 1.54) is 19.3 Å². The van der Waals surface area contributed by atoms with E-state index >= 15 is 0 Å². The predicted octanol–water partition coefficient (Wildman–Crippen LogP) is 1.97. The van der Waals surface area contributed by atoms with E-state index in [0.717, 1.165) is 26.1 Å². The average molecular weight is 172 g/mol. The maximum Gasteiger partial charge on any atom is 0.0544 e. The van der Waals surface area contributed by atoms with Gasteiger partial charge in [0.25, 0.3) is 0 Å². The summed E-state index contributed by atoms with van der Waals surface area (Å²) in [7, 11) is 0. The fraction of sp³-hybridized carbons (Fsp3) is 1.00. The largest absolute Gasteiger partial charge is 0.396 e. The molecule has 0 amide bonds. The number of unbranched alkanes of at least 4 members (excludes halogenated alkanes) is 1. The molecule has 0 radical (unpaired) electrons. The first kappa shape index (κ1) is 10.0. The van der Waals surface area contributed by atoms with E-state index in [1.54, 1.807) is 0 Å². The van der Waals surface area contributed by atoms with Gasteiger partial charge < -0.3 is 9.84 Å². The molecule has 1 aliphatic heterocycles. The quantitative estimate of drug-likeness (QED) is 0.663. The molecule has 1 heterocycles. The summed E-state index contributed by atoms with van der Waals surface area (Å²) in [5.74, 6) is 0. The SMILES string of the molecule is CCCCC1(CCCO)COC1. The number of aliphatic hydroxyl groups is 1. The number of hydrogen-bond acceptors (Lipinski definition) is 2. The first-order valence-electron chi connectivity index (χ1n) is 5.01. The normalized spacial score (nSPS) is 20.5. The summed E-state index contributed by atoms with van der Waals surface area (Å²) >= 11 is 0. The van der Waals surface area contributed by atoms with Gasteiger partial charge in [0.1, 0.15) is 0 Å². The lowest BCUT2D eigenvalue weighted by molar-refractivity contribution is -0.124. The molecule has 12 heavy (non-hydrogen) atoms. The van der Waals surface area contributed by atoms with Crippen LogP contribution in [0.1, 0.15) is 39.0 Å². The molecule has 1 N–H and O–H groups in total. The van der Waals surface area contributed by atoms with Crippen molar-refractivity contribution in [1.29, 1.82) is 0 Å². The van der Waals surface area contributed by atoms with Crippen LogP contribution in [0.2, 0.25) is 0 Å². The first-order valence-corrected chi connectivity index (χ1v) is 5.01. The second-order valence-corrected chi connectivity index (χ2v) is 3.92. The van der Waals surface area contributed by atoms with Crippen molar-refractivity contribution in [2.75, 3.05) is 19.8 Å². The molecule has 0 aromatic heterocycles. The summed E-state index contributed by atoms with van der Waals surface area (Å²) in [6.07, 6.45) is 5.93. The fourth-order valence-electron chi connectivity index (χ4n) is 1.81. The van der Waals surface area contributed by atoms with Crippen LogP contribution < -0.4 is 0 Å². The minimum Gasteiger partial charge on any atom is -0.396 e. The van der Waals surface area contributed by atoms with Gasteiger partial charge in [-0.2, -0.15) is 0 Å². The molecule has 0 spiro atoms. The molecule has 1 rings (SSSR count). The highest BCUT2D eigenvalue weighted by Crippen LogP contribution is 2.37. The van der Waals surface area contributed by atoms with Crippen LogP contribution in [0.3, 0.4) is 0 Å². The lowest BCUT2D eigenvalue weighted by Crippen LogP contribution is -2.42. The van der Waals surface area contributed by atoms with Gasteiger partial charge in [-0.3, -0.25) is 0 Å². The smallest absolute Gasteiger partial charge is 0.0544 e. The Hall–Kier alpha value is -0.0800. The second-order valence-electron chi connectivity index (χ2n) is 3.92. The van der Waals surface area contributed by atoms with E-state index in [2.05, 4.69) is 6.92 Å². The van der Waals surface area contributed by atoms with Crippen molar-refractivity contribution in [3.63, 3.8) is 0 Å². The molecule has 0 bridgehead atoms. The first-order chi connectivity index (χ1) is 5.83. The zero-order chi connectivity index (χ0) is 8.86. The number of hydrogen-bond donors (Lipinski definition) is 1. The van der Waals surface area contributed by atoms with Crippen LogP contribution >= 0.6 is 0 Å². The topological polar surface area (TPSA) is 29.5 Å². The molecule has 0 unspecified atom stereocenters. The van der Waals surface area contributed by atoms with Crippen molar-refractivity contribution in [2.24, 2.45) is 5.41 Å². The van der Waals surface area contributed by atoms with Crippen molar-refractivity contribution in [3.8, 4) is 0 Å². The van der Waals surface area contributed by atoms with Crippen molar-refractivity contribution < 1.29 is 9.84 Å². The third-order valence-electron chi connectivity index (χ3n) is 2.74. The highest BCUT2D eigenvalue weighted by atomic mass is 16.5. The van der Waals surface area contributed by atoms with Crippen LogP contribution in [-0.2, 0) is 4.74 Å². The van der Waals surface area contributed by atoms with E-state index in [0.29, 0.717) is 12.0 Å². The van der Waals surface area contributed by atoms with E-state index in [1.807, 2.05) is 0 Å². The number of ether oxygens (including phenoxy) is 1. The third kappa shape index (κ3) is 2.46. The highest BCUT2D eigenvalue weighted by molar-refractivity contribution is 4.85. The minimum atomic E-state index is 0.327. The van der Waals surface area contributed by atoms with Crippen LogP contribution in [0, 0.1) is 5.41 Å². The summed E-state index contributed by atoms with van der Waals surface area (Å²) in [6, 6.07) is 0. The Labute approximate surface area is 74.9 Å². The Kier molecular flexibility index (Phi) is 4.02. The molecule has 0 saturated carbocycles. The van der Waals surface area contributed by atoms with Crippen LogP contribution in [0.5, 0.6) is 0 Å². The van der Waals surface area contributed by atoms with Gasteiger partial charge in [0.2, 0.25) is 0 Å². The average Bonchev–Trinajstić information content (AvgIpc) is 2.02. The van der Waals surface area contributed by atoms with Gasteiger partial charge in [-0.1, -0.05) is 19.8 Å². The zero-order valence-corrected chi connectivity index (χ0v) is 8.01. The minimum absolute atomic E-state index is 0.327. The summed E-state index contributed by atoms with van der Waals surface area (Å²) in [5, 5.41) is 8.73. The van der Waals surface area contributed by atoms with E-state index < -0.39 is 0 Å². The van der Waals surface area contributed by atoms with Gasteiger partial charge in [-0.05, 0) is 19.3 Å². The van der Waals surface area contributed by atoms with Gasteiger partial charge in [0.05, 0.1) is 13.2 Å². The van der Waals surface area contributed by atoms with Gasteiger partial charge in [0.15, 0.2) is 0 Å². The summed E-state index contributed by atoms with van der Waals surface area (Å²) in [6.45, 7) is 4.40. The van der Waals surface area contributed by atoms with Crippen molar-refractivity contribution >= 4 is 0 Å². The molecule has 0 atom stereocenters. The maximum absolute atomic E-state index is 8.73. The lowest BCUT2D eigenvalue weighted by Gasteiger charge is -2.41. The molecule has 72 valence electrons. The zero-order valence-electron chi connectivity index (χ0n) is 8.01. The summed E-state index contributed by atoms with van der Waals surface area (Å²) < 4.78 is 5.25. The summed E-state index contributed by atoms with van der Waals surface area (Å²) in [5.41, 5.74) is 0.443. The molecular formula is C10H20O2. The Morgan fingerprint density at radius 3 is 2.33 bits per heavy atom. The van der Waals surface area contributed by atoms with Gasteiger partial charge >= 0.3 is 0 Å². The van der Waals surface area contributed by atoms with Gasteiger partial charge in [-0.25, -0.2) is 0 Å².